The van der Waals surface area contributed by atoms with Crippen LogP contribution in [-0.2, 0) is 0 Å². The molecule has 162 valence electrons. The Balaban J connectivity index is 1.83. The minimum absolute atomic E-state index is 0.146. The number of carbonyl (C=O) groups excluding carboxylic acids is 1. The van der Waals surface area contributed by atoms with Gasteiger partial charge in [-0.2, -0.15) is 0 Å². The number of benzene rings is 2. The topological polar surface area (TPSA) is 66.7 Å². The molecule has 0 saturated carbocycles. The van der Waals surface area contributed by atoms with Crippen molar-refractivity contribution < 1.29 is 14.1 Å². The maximum Gasteiger partial charge on any atom is 0.284 e. The molecule has 0 N–H and O–H groups in total. The molecule has 0 radical (unpaired) electrons. The SMILES string of the molecule is C#CCN(CC1CCCN1CC)C(=O)c1ccc(Sc2ccc(F)cc2)c([N+](=O)[O-])c1. The Bertz CT molecular complexity index is 991. The third kappa shape index (κ3) is 5.63. The van der Waals surface area contributed by atoms with Crippen molar-refractivity contribution in [3.8, 4) is 12.3 Å². The third-order valence-electron chi connectivity index (χ3n) is 5.35. The van der Waals surface area contributed by atoms with Gasteiger partial charge in [-0.3, -0.25) is 19.8 Å². The lowest BCUT2D eigenvalue weighted by atomic mass is 10.1. The summed E-state index contributed by atoms with van der Waals surface area (Å²) in [4.78, 5) is 29.2. The molecule has 0 aliphatic carbocycles. The first kappa shape index (κ1) is 22.8. The Hall–Kier alpha value is -2.89. The molecule has 3 rings (SSSR count). The van der Waals surface area contributed by atoms with Crippen LogP contribution in [0.4, 0.5) is 10.1 Å². The molecule has 1 fully saturated rings. The van der Waals surface area contributed by atoms with E-state index in [1.807, 2.05) is 0 Å². The van der Waals surface area contributed by atoms with Gasteiger partial charge in [0.15, 0.2) is 0 Å². The van der Waals surface area contributed by atoms with Gasteiger partial charge in [-0.1, -0.05) is 24.6 Å². The lowest BCUT2D eigenvalue weighted by molar-refractivity contribution is -0.387. The van der Waals surface area contributed by atoms with Gasteiger partial charge in [0.2, 0.25) is 0 Å². The molecule has 8 heteroatoms. The highest BCUT2D eigenvalue weighted by molar-refractivity contribution is 7.99. The van der Waals surface area contributed by atoms with Crippen molar-refractivity contribution in [2.24, 2.45) is 0 Å². The zero-order chi connectivity index (χ0) is 22.4. The number of halogens is 1. The normalized spacial score (nSPS) is 16.1. The monoisotopic (exact) mass is 441 g/mol. The van der Waals surface area contributed by atoms with Gasteiger partial charge in [0.25, 0.3) is 11.6 Å². The van der Waals surface area contributed by atoms with Crippen molar-refractivity contribution in [1.82, 2.24) is 9.80 Å². The smallest absolute Gasteiger partial charge is 0.284 e. The lowest BCUT2D eigenvalue weighted by Gasteiger charge is -2.29. The Labute approximate surface area is 185 Å². The molecule has 31 heavy (non-hydrogen) atoms. The summed E-state index contributed by atoms with van der Waals surface area (Å²) in [5, 5.41) is 11.7. The van der Waals surface area contributed by atoms with Crippen molar-refractivity contribution in [3.05, 3.63) is 64.0 Å². The largest absolute Gasteiger partial charge is 0.326 e. The average molecular weight is 442 g/mol. The van der Waals surface area contributed by atoms with Crippen molar-refractivity contribution >= 4 is 23.4 Å². The van der Waals surface area contributed by atoms with E-state index in [0.717, 1.165) is 37.7 Å². The van der Waals surface area contributed by atoms with Crippen LogP contribution in [0.2, 0.25) is 0 Å². The van der Waals surface area contributed by atoms with Crippen molar-refractivity contribution in [2.75, 3.05) is 26.2 Å². The van der Waals surface area contributed by atoms with E-state index in [-0.39, 0.29) is 35.6 Å². The van der Waals surface area contributed by atoms with Crippen LogP contribution in [0.3, 0.4) is 0 Å². The quantitative estimate of drug-likeness (QED) is 0.344. The summed E-state index contributed by atoms with van der Waals surface area (Å²) >= 11 is 1.15. The Kier molecular flexibility index (Phi) is 7.66. The van der Waals surface area contributed by atoms with Crippen LogP contribution in [0.25, 0.3) is 0 Å². The molecule has 0 bridgehead atoms. The van der Waals surface area contributed by atoms with Crippen molar-refractivity contribution in [1.29, 1.82) is 0 Å². The average Bonchev–Trinajstić information content (AvgIpc) is 3.22. The van der Waals surface area contributed by atoms with Crippen LogP contribution in [0, 0.1) is 28.3 Å². The van der Waals surface area contributed by atoms with E-state index < -0.39 is 4.92 Å². The number of likely N-dealkylation sites (N-methyl/N-ethyl adjacent to an activating group) is 1. The zero-order valence-corrected chi connectivity index (χ0v) is 18.1. The van der Waals surface area contributed by atoms with Gasteiger partial charge < -0.3 is 4.90 Å². The summed E-state index contributed by atoms with van der Waals surface area (Å²) in [6.45, 7) is 4.64. The van der Waals surface area contributed by atoms with Crippen LogP contribution < -0.4 is 0 Å². The summed E-state index contributed by atoms with van der Waals surface area (Å²) in [5.74, 6) is 1.83. The van der Waals surface area contributed by atoms with E-state index in [0.29, 0.717) is 16.3 Å². The molecule has 1 saturated heterocycles. The van der Waals surface area contributed by atoms with Gasteiger partial charge in [-0.15, -0.1) is 6.42 Å². The molecule has 1 heterocycles. The van der Waals surface area contributed by atoms with Crippen LogP contribution in [0.1, 0.15) is 30.1 Å². The number of rotatable bonds is 8. The number of nitrogens with zero attached hydrogens (tertiary/aromatic N) is 3. The van der Waals surface area contributed by atoms with Crippen molar-refractivity contribution in [2.45, 2.75) is 35.6 Å². The molecule has 1 aliphatic heterocycles. The van der Waals surface area contributed by atoms with E-state index in [9.17, 15) is 19.3 Å². The highest BCUT2D eigenvalue weighted by Gasteiger charge is 2.28. The Morgan fingerprint density at radius 2 is 2.10 bits per heavy atom. The van der Waals surface area contributed by atoms with E-state index in [1.165, 1.54) is 18.2 Å². The fourth-order valence-electron chi connectivity index (χ4n) is 3.79. The summed E-state index contributed by atoms with van der Waals surface area (Å²) in [5.41, 5.74) is 0.0586. The molecule has 1 atom stereocenters. The highest BCUT2D eigenvalue weighted by Crippen LogP contribution is 2.35. The highest BCUT2D eigenvalue weighted by atomic mass is 32.2. The van der Waals surface area contributed by atoms with E-state index in [4.69, 9.17) is 6.42 Å². The second kappa shape index (κ2) is 10.4. The maximum absolute atomic E-state index is 13.1. The van der Waals surface area contributed by atoms with Gasteiger partial charge in [-0.05, 0) is 62.3 Å². The number of hydrogen-bond acceptors (Lipinski definition) is 5. The Morgan fingerprint density at radius 1 is 1.35 bits per heavy atom. The molecule has 6 nitrogen and oxygen atoms in total. The third-order valence-corrected chi connectivity index (χ3v) is 6.42. The first-order chi connectivity index (χ1) is 14.9. The second-order valence-corrected chi connectivity index (χ2v) is 8.43. The Morgan fingerprint density at radius 3 is 2.74 bits per heavy atom. The first-order valence-electron chi connectivity index (χ1n) is 10.1. The molecule has 0 spiro atoms. The van der Waals surface area contributed by atoms with E-state index in [1.54, 1.807) is 29.2 Å². The summed E-state index contributed by atoms with van der Waals surface area (Å²) in [7, 11) is 0. The molecule has 1 amide bonds. The number of nitro benzene ring substituents is 1. The standard InChI is InChI=1S/C23H24FN3O3S/c1-3-13-26(16-19-6-5-14-25(19)4-2)23(28)17-7-12-22(21(15-17)27(29)30)31-20-10-8-18(24)9-11-20/h1,7-12,15,19H,4-6,13-14,16H2,2H3. The van der Waals surface area contributed by atoms with Crippen LogP contribution in [-0.4, -0.2) is 52.9 Å². The minimum Gasteiger partial charge on any atom is -0.326 e. The van der Waals surface area contributed by atoms with Crippen molar-refractivity contribution in [3.63, 3.8) is 0 Å². The number of nitro groups is 1. The van der Waals surface area contributed by atoms with Crippen LogP contribution in [0.15, 0.2) is 52.3 Å². The fourth-order valence-corrected chi connectivity index (χ4v) is 4.69. The second-order valence-electron chi connectivity index (χ2n) is 7.31. The first-order valence-corrected chi connectivity index (χ1v) is 10.9. The van der Waals surface area contributed by atoms with Crippen LogP contribution >= 0.6 is 11.8 Å². The summed E-state index contributed by atoms with van der Waals surface area (Å²) in [6.07, 6.45) is 7.57. The van der Waals surface area contributed by atoms with E-state index in [2.05, 4.69) is 17.7 Å². The zero-order valence-electron chi connectivity index (χ0n) is 17.3. The van der Waals surface area contributed by atoms with Crippen LogP contribution in [0.5, 0.6) is 0 Å². The van der Waals surface area contributed by atoms with Gasteiger partial charge in [-0.25, -0.2) is 4.39 Å². The molecule has 2 aromatic carbocycles. The number of terminal acetylenes is 1. The van der Waals surface area contributed by atoms with Gasteiger partial charge in [0.1, 0.15) is 5.82 Å². The summed E-state index contributed by atoms with van der Waals surface area (Å²) < 4.78 is 13.1. The molecule has 1 unspecified atom stereocenters. The minimum atomic E-state index is -0.510. The molecule has 0 aromatic heterocycles. The number of amides is 1. The van der Waals surface area contributed by atoms with E-state index >= 15 is 0 Å². The molecule has 1 aliphatic rings. The van der Waals surface area contributed by atoms with Gasteiger partial charge >= 0.3 is 0 Å². The summed E-state index contributed by atoms with van der Waals surface area (Å²) in [6, 6.07) is 10.4. The molecule has 2 aromatic rings. The predicted octanol–water partition coefficient (Wildman–Crippen LogP) is 4.44. The molecular formula is C23H24FN3O3S. The predicted molar refractivity (Wildman–Crippen MR) is 119 cm³/mol. The number of hydrogen-bond donors (Lipinski definition) is 0. The fraction of sp³-hybridized carbons (Fsp3) is 0.348. The number of likely N-dealkylation sites (tertiary alicyclic amines) is 1. The molecular weight excluding hydrogens is 417 g/mol. The van der Waals surface area contributed by atoms with Gasteiger partial charge in [0.05, 0.1) is 16.4 Å². The maximum atomic E-state index is 13.1. The lowest BCUT2D eigenvalue weighted by Crippen LogP contribution is -2.43. The number of carbonyl (C=O) groups is 1. The van der Waals surface area contributed by atoms with Gasteiger partial charge in [0, 0.05) is 29.1 Å².